The Balaban J connectivity index is 1.10. The summed E-state index contributed by atoms with van der Waals surface area (Å²) in [6.07, 6.45) is 10.1. The quantitative estimate of drug-likeness (QED) is 0.281. The highest BCUT2D eigenvalue weighted by Gasteiger charge is 2.25. The number of fused-ring (bicyclic) bond motifs is 1. The fourth-order valence-corrected chi connectivity index (χ4v) is 4.67. The van der Waals surface area contributed by atoms with Gasteiger partial charge in [-0.25, -0.2) is 0 Å². The van der Waals surface area contributed by atoms with Gasteiger partial charge in [0.2, 0.25) is 0 Å². The monoisotopic (exact) mass is 434 g/mol. The number of piperidine rings is 1. The summed E-state index contributed by atoms with van der Waals surface area (Å²) in [5, 5.41) is 1.92. The second-order valence-corrected chi connectivity index (χ2v) is 9.12. The summed E-state index contributed by atoms with van der Waals surface area (Å²) in [5.74, 6) is 0.437. The second kappa shape index (κ2) is 10.9. The number of pyridine rings is 1. The van der Waals surface area contributed by atoms with Crippen LogP contribution in [0.2, 0.25) is 5.02 Å². The maximum Gasteiger partial charge on any atom is 0.166 e. The number of carbonyl (C=O) groups excluding carboxylic acids is 1. The van der Waals surface area contributed by atoms with Crippen LogP contribution in [0.15, 0.2) is 60.8 Å². The summed E-state index contributed by atoms with van der Waals surface area (Å²) >= 11 is 5.93. The van der Waals surface area contributed by atoms with E-state index in [1.807, 2.05) is 24.4 Å². The number of Topliss-reactive ketones (excluding diaryl/α,β-unsaturated/α-hetero) is 1. The Morgan fingerprint density at radius 2 is 1.71 bits per heavy atom. The highest BCUT2D eigenvalue weighted by atomic mass is 35.5. The average Bonchev–Trinajstić information content (AvgIpc) is 2.81. The van der Waals surface area contributed by atoms with Crippen LogP contribution in [0.1, 0.15) is 54.4 Å². The lowest BCUT2D eigenvalue weighted by Crippen LogP contribution is -2.36. The summed E-state index contributed by atoms with van der Waals surface area (Å²) in [6.45, 7) is 3.22. The van der Waals surface area contributed by atoms with E-state index in [0.717, 1.165) is 50.0 Å². The van der Waals surface area contributed by atoms with Gasteiger partial charge in [-0.2, -0.15) is 0 Å². The Morgan fingerprint density at radius 1 is 0.968 bits per heavy atom. The molecule has 1 saturated heterocycles. The molecule has 0 saturated carbocycles. The third kappa shape index (κ3) is 6.15. The van der Waals surface area contributed by atoms with Crippen LogP contribution in [0.25, 0.3) is 10.9 Å². The first-order chi connectivity index (χ1) is 15.2. The lowest BCUT2D eigenvalue weighted by atomic mass is 9.89. The Morgan fingerprint density at radius 3 is 2.52 bits per heavy atom. The zero-order valence-corrected chi connectivity index (χ0v) is 18.9. The SMILES string of the molecule is O=C(c1ccc(Cl)cc1)C1CCN(CCCCCCc2cnc3ccccc3c2)CC1. The zero-order chi connectivity index (χ0) is 21.5. The van der Waals surface area contributed by atoms with Crippen molar-refractivity contribution in [2.24, 2.45) is 5.92 Å². The minimum absolute atomic E-state index is 0.160. The van der Waals surface area contributed by atoms with Crippen molar-refractivity contribution in [1.82, 2.24) is 9.88 Å². The highest BCUT2D eigenvalue weighted by Crippen LogP contribution is 2.23. The average molecular weight is 435 g/mol. The summed E-state index contributed by atoms with van der Waals surface area (Å²) in [6, 6.07) is 17.9. The second-order valence-electron chi connectivity index (χ2n) is 8.69. The van der Waals surface area contributed by atoms with Gasteiger partial charge in [0.15, 0.2) is 5.78 Å². The summed E-state index contributed by atoms with van der Waals surface area (Å²) in [4.78, 5) is 19.8. The third-order valence-electron chi connectivity index (χ3n) is 6.42. The number of carbonyl (C=O) groups is 1. The molecule has 0 aliphatic carbocycles. The van der Waals surface area contributed by atoms with E-state index in [4.69, 9.17) is 11.6 Å². The molecule has 1 aromatic heterocycles. The van der Waals surface area contributed by atoms with Gasteiger partial charge in [0.1, 0.15) is 0 Å². The van der Waals surface area contributed by atoms with E-state index >= 15 is 0 Å². The molecule has 0 amide bonds. The predicted molar refractivity (Wildman–Crippen MR) is 129 cm³/mol. The maximum atomic E-state index is 12.7. The molecule has 1 aliphatic rings. The van der Waals surface area contributed by atoms with Gasteiger partial charge in [0.25, 0.3) is 0 Å². The first-order valence-electron chi connectivity index (χ1n) is 11.5. The van der Waals surface area contributed by atoms with E-state index in [0.29, 0.717) is 5.02 Å². The van der Waals surface area contributed by atoms with E-state index < -0.39 is 0 Å². The molecule has 162 valence electrons. The van der Waals surface area contributed by atoms with Gasteiger partial charge in [0.05, 0.1) is 5.52 Å². The molecule has 0 atom stereocenters. The van der Waals surface area contributed by atoms with Crippen molar-refractivity contribution in [3.8, 4) is 0 Å². The van der Waals surface area contributed by atoms with E-state index in [-0.39, 0.29) is 11.7 Å². The molecule has 1 aliphatic heterocycles. The van der Waals surface area contributed by atoms with Crippen molar-refractivity contribution in [1.29, 1.82) is 0 Å². The molecule has 4 heteroatoms. The van der Waals surface area contributed by atoms with E-state index in [2.05, 4.69) is 34.1 Å². The van der Waals surface area contributed by atoms with E-state index in [1.165, 1.54) is 36.6 Å². The predicted octanol–water partition coefficient (Wildman–Crippen LogP) is 6.59. The summed E-state index contributed by atoms with van der Waals surface area (Å²) < 4.78 is 0. The molecule has 0 spiro atoms. The molecule has 0 unspecified atom stereocenters. The summed E-state index contributed by atoms with van der Waals surface area (Å²) in [5.41, 5.74) is 3.21. The first-order valence-corrected chi connectivity index (χ1v) is 11.9. The molecule has 2 heterocycles. The number of nitrogens with zero attached hydrogens (tertiary/aromatic N) is 2. The third-order valence-corrected chi connectivity index (χ3v) is 6.68. The standard InChI is InChI=1S/C27H31ClN2O/c28-25-12-10-22(11-13-25)27(31)23-14-17-30(18-15-23)16-6-2-1-3-7-21-19-24-8-4-5-9-26(24)29-20-21/h4-5,8-13,19-20,23H,1-3,6-7,14-18H2. The summed E-state index contributed by atoms with van der Waals surface area (Å²) in [7, 11) is 0. The number of rotatable bonds is 9. The van der Waals surface area contributed by atoms with Crippen molar-refractivity contribution in [2.45, 2.75) is 44.9 Å². The number of ketones is 1. The van der Waals surface area contributed by atoms with Crippen LogP contribution in [-0.4, -0.2) is 35.3 Å². The molecule has 0 N–H and O–H groups in total. The minimum Gasteiger partial charge on any atom is -0.303 e. The number of benzene rings is 2. The van der Waals surface area contributed by atoms with E-state index in [1.54, 1.807) is 12.1 Å². The zero-order valence-electron chi connectivity index (χ0n) is 18.1. The van der Waals surface area contributed by atoms with Gasteiger partial charge in [-0.1, -0.05) is 42.6 Å². The molecule has 0 bridgehead atoms. The Bertz CT molecular complexity index is 994. The van der Waals surface area contributed by atoms with Gasteiger partial charge in [0, 0.05) is 28.1 Å². The number of hydrogen-bond acceptors (Lipinski definition) is 3. The van der Waals surface area contributed by atoms with Crippen molar-refractivity contribution in [3.63, 3.8) is 0 Å². The van der Waals surface area contributed by atoms with Crippen LogP contribution >= 0.6 is 11.6 Å². The molecule has 4 rings (SSSR count). The van der Waals surface area contributed by atoms with Crippen molar-refractivity contribution >= 4 is 28.3 Å². The lowest BCUT2D eigenvalue weighted by molar-refractivity contribution is 0.0839. The van der Waals surface area contributed by atoms with Gasteiger partial charge in [-0.05, 0) is 93.7 Å². The highest BCUT2D eigenvalue weighted by molar-refractivity contribution is 6.30. The fraction of sp³-hybridized carbons (Fsp3) is 0.407. The fourth-order valence-electron chi connectivity index (χ4n) is 4.54. The van der Waals surface area contributed by atoms with Gasteiger partial charge in [-0.3, -0.25) is 9.78 Å². The largest absolute Gasteiger partial charge is 0.303 e. The molecule has 2 aromatic carbocycles. The Kier molecular flexibility index (Phi) is 7.71. The molecular weight excluding hydrogens is 404 g/mol. The number of aromatic nitrogens is 1. The number of para-hydroxylation sites is 1. The molecule has 3 aromatic rings. The van der Waals surface area contributed by atoms with Crippen LogP contribution in [0.5, 0.6) is 0 Å². The van der Waals surface area contributed by atoms with Gasteiger partial charge in [-0.15, -0.1) is 0 Å². The molecule has 1 fully saturated rings. The molecule has 3 nitrogen and oxygen atoms in total. The lowest BCUT2D eigenvalue weighted by Gasteiger charge is -2.31. The number of halogens is 1. The van der Waals surface area contributed by atoms with Crippen molar-refractivity contribution in [2.75, 3.05) is 19.6 Å². The molecule has 31 heavy (non-hydrogen) atoms. The normalized spacial score (nSPS) is 15.4. The topological polar surface area (TPSA) is 33.2 Å². The maximum absolute atomic E-state index is 12.7. The molecule has 0 radical (unpaired) electrons. The Labute approximate surface area is 190 Å². The number of likely N-dealkylation sites (tertiary alicyclic amines) is 1. The van der Waals surface area contributed by atoms with Crippen LogP contribution in [-0.2, 0) is 6.42 Å². The van der Waals surface area contributed by atoms with Crippen molar-refractivity contribution in [3.05, 3.63) is 76.9 Å². The number of aryl methyl sites for hydroxylation is 1. The van der Waals surface area contributed by atoms with Crippen molar-refractivity contribution < 1.29 is 4.79 Å². The van der Waals surface area contributed by atoms with Crippen LogP contribution in [0.4, 0.5) is 0 Å². The van der Waals surface area contributed by atoms with Gasteiger partial charge >= 0.3 is 0 Å². The number of hydrogen-bond donors (Lipinski definition) is 0. The van der Waals surface area contributed by atoms with E-state index in [9.17, 15) is 4.79 Å². The van der Waals surface area contributed by atoms with Crippen LogP contribution < -0.4 is 0 Å². The first kappa shape index (κ1) is 22.0. The smallest absolute Gasteiger partial charge is 0.166 e. The van der Waals surface area contributed by atoms with Crippen LogP contribution in [0.3, 0.4) is 0 Å². The Hall–Kier alpha value is -2.23. The molecular formula is C27H31ClN2O. The number of unbranched alkanes of at least 4 members (excludes halogenated alkanes) is 3. The minimum atomic E-state index is 0.160. The van der Waals surface area contributed by atoms with Crippen LogP contribution in [0, 0.1) is 5.92 Å². The van der Waals surface area contributed by atoms with Gasteiger partial charge < -0.3 is 4.90 Å².